The highest BCUT2D eigenvalue weighted by Crippen LogP contribution is 2.18. The summed E-state index contributed by atoms with van der Waals surface area (Å²) >= 11 is 0. The van der Waals surface area contributed by atoms with Crippen molar-refractivity contribution in [3.63, 3.8) is 0 Å². The van der Waals surface area contributed by atoms with Crippen LogP contribution in [0.1, 0.15) is 25.6 Å². The molecule has 0 spiro atoms. The minimum absolute atomic E-state index is 0.497. The van der Waals surface area contributed by atoms with Crippen LogP contribution in [0.5, 0.6) is 0 Å². The number of aromatic nitrogens is 2. The zero-order chi connectivity index (χ0) is 10.2. The lowest BCUT2D eigenvalue weighted by molar-refractivity contribution is 0.122. The third-order valence-electron chi connectivity index (χ3n) is 1.89. The molecule has 1 atom stereocenters. The minimum Gasteiger partial charge on any atom is -0.391 e. The van der Waals surface area contributed by atoms with Crippen molar-refractivity contribution in [3.8, 4) is 0 Å². The van der Waals surface area contributed by atoms with Gasteiger partial charge in [0.05, 0.1) is 6.42 Å². The SMILES string of the molecule is CC1=NC(C)(Cc2nc(C)no2)NO1. The summed E-state index contributed by atoms with van der Waals surface area (Å²) in [5, 5.41) is 3.71. The Kier molecular flexibility index (Phi) is 1.99. The van der Waals surface area contributed by atoms with E-state index in [1.165, 1.54) is 0 Å². The van der Waals surface area contributed by atoms with Gasteiger partial charge >= 0.3 is 0 Å². The highest BCUT2D eigenvalue weighted by atomic mass is 16.7. The molecule has 1 aromatic heterocycles. The molecule has 6 nitrogen and oxygen atoms in total. The van der Waals surface area contributed by atoms with Gasteiger partial charge in [0, 0.05) is 6.92 Å². The van der Waals surface area contributed by atoms with Crippen LogP contribution in [0.2, 0.25) is 0 Å². The van der Waals surface area contributed by atoms with Crippen molar-refractivity contribution >= 4 is 5.90 Å². The van der Waals surface area contributed by atoms with Crippen LogP contribution in [0.4, 0.5) is 0 Å². The molecule has 0 saturated carbocycles. The highest BCUT2D eigenvalue weighted by Gasteiger charge is 2.32. The van der Waals surface area contributed by atoms with Crippen molar-refractivity contribution in [2.45, 2.75) is 32.9 Å². The molecule has 0 aromatic carbocycles. The second-order valence-corrected chi connectivity index (χ2v) is 3.52. The zero-order valence-corrected chi connectivity index (χ0v) is 8.37. The maximum absolute atomic E-state index is 5.06. The Labute approximate surface area is 81.3 Å². The fourth-order valence-corrected chi connectivity index (χ4v) is 1.36. The molecule has 0 saturated heterocycles. The van der Waals surface area contributed by atoms with Crippen molar-refractivity contribution in [2.75, 3.05) is 0 Å². The summed E-state index contributed by atoms with van der Waals surface area (Å²) < 4.78 is 5.00. The van der Waals surface area contributed by atoms with Crippen LogP contribution in [0.3, 0.4) is 0 Å². The largest absolute Gasteiger partial charge is 0.391 e. The zero-order valence-electron chi connectivity index (χ0n) is 8.37. The number of aliphatic imine (C=N–C) groups is 1. The molecule has 14 heavy (non-hydrogen) atoms. The van der Waals surface area contributed by atoms with Crippen LogP contribution >= 0.6 is 0 Å². The van der Waals surface area contributed by atoms with Gasteiger partial charge in [0.25, 0.3) is 0 Å². The van der Waals surface area contributed by atoms with Crippen LogP contribution < -0.4 is 5.48 Å². The minimum atomic E-state index is -0.497. The van der Waals surface area contributed by atoms with E-state index in [9.17, 15) is 0 Å². The summed E-state index contributed by atoms with van der Waals surface area (Å²) in [7, 11) is 0. The molecule has 2 heterocycles. The molecule has 1 aliphatic rings. The van der Waals surface area contributed by atoms with Crippen LogP contribution in [-0.2, 0) is 11.3 Å². The molecule has 0 amide bonds. The maximum Gasteiger partial charge on any atom is 0.230 e. The number of rotatable bonds is 2. The molecule has 1 N–H and O–H groups in total. The smallest absolute Gasteiger partial charge is 0.230 e. The number of nitrogens with zero attached hydrogens (tertiary/aromatic N) is 3. The monoisotopic (exact) mass is 196 g/mol. The summed E-state index contributed by atoms with van der Waals surface area (Å²) in [6, 6.07) is 0. The van der Waals surface area contributed by atoms with Gasteiger partial charge in [-0.05, 0) is 13.8 Å². The number of hydrogen-bond donors (Lipinski definition) is 1. The van der Waals surface area contributed by atoms with Gasteiger partial charge in [-0.2, -0.15) is 4.98 Å². The first-order valence-electron chi connectivity index (χ1n) is 4.37. The summed E-state index contributed by atoms with van der Waals surface area (Å²) in [5.74, 6) is 1.80. The second-order valence-electron chi connectivity index (χ2n) is 3.52. The Morgan fingerprint density at radius 3 is 2.71 bits per heavy atom. The average molecular weight is 196 g/mol. The summed E-state index contributed by atoms with van der Waals surface area (Å²) in [4.78, 5) is 13.4. The standard InChI is InChI=1S/C8H12N4O2/c1-5-9-7(14-11-5)4-8(3)10-6(2)13-12-8/h12H,4H2,1-3H3. The highest BCUT2D eigenvalue weighted by molar-refractivity contribution is 5.74. The molecule has 1 aromatic rings. The molecular formula is C8H12N4O2. The Bertz CT molecular complexity index is 373. The van der Waals surface area contributed by atoms with Gasteiger partial charge in [-0.15, -0.1) is 5.48 Å². The van der Waals surface area contributed by atoms with E-state index >= 15 is 0 Å². The van der Waals surface area contributed by atoms with E-state index in [0.29, 0.717) is 24.0 Å². The molecule has 0 bridgehead atoms. The number of nitrogens with one attached hydrogen (secondary N) is 1. The topological polar surface area (TPSA) is 72.5 Å². The van der Waals surface area contributed by atoms with Crippen molar-refractivity contribution in [3.05, 3.63) is 11.7 Å². The predicted octanol–water partition coefficient (Wildman–Crippen LogP) is 0.590. The van der Waals surface area contributed by atoms with E-state index in [2.05, 4.69) is 20.6 Å². The van der Waals surface area contributed by atoms with E-state index in [-0.39, 0.29) is 0 Å². The van der Waals surface area contributed by atoms with E-state index in [4.69, 9.17) is 9.36 Å². The van der Waals surface area contributed by atoms with Gasteiger partial charge < -0.3 is 9.36 Å². The molecule has 0 radical (unpaired) electrons. The van der Waals surface area contributed by atoms with Crippen LogP contribution in [0.15, 0.2) is 9.52 Å². The lowest BCUT2D eigenvalue weighted by atomic mass is 10.1. The van der Waals surface area contributed by atoms with Gasteiger partial charge in [0.2, 0.25) is 11.8 Å². The molecule has 1 aliphatic heterocycles. The fraction of sp³-hybridized carbons (Fsp3) is 0.625. The maximum atomic E-state index is 5.06. The van der Waals surface area contributed by atoms with Gasteiger partial charge in [0.15, 0.2) is 11.5 Å². The van der Waals surface area contributed by atoms with E-state index < -0.39 is 5.66 Å². The normalized spacial score (nSPS) is 26.1. The first-order valence-corrected chi connectivity index (χ1v) is 4.37. The first kappa shape index (κ1) is 9.14. The number of aryl methyl sites for hydroxylation is 1. The second kappa shape index (κ2) is 3.06. The predicted molar refractivity (Wildman–Crippen MR) is 48.5 cm³/mol. The molecule has 0 fully saturated rings. The average Bonchev–Trinajstić information content (AvgIpc) is 2.60. The van der Waals surface area contributed by atoms with Crippen molar-refractivity contribution < 1.29 is 9.36 Å². The summed E-state index contributed by atoms with van der Waals surface area (Å²) in [5.41, 5.74) is 2.31. The Morgan fingerprint density at radius 2 is 2.21 bits per heavy atom. The lowest BCUT2D eigenvalue weighted by Gasteiger charge is -2.15. The Hall–Kier alpha value is -1.43. The molecule has 76 valence electrons. The fourth-order valence-electron chi connectivity index (χ4n) is 1.36. The summed E-state index contributed by atoms with van der Waals surface area (Å²) in [6.07, 6.45) is 0.519. The third-order valence-corrected chi connectivity index (χ3v) is 1.89. The van der Waals surface area contributed by atoms with Crippen molar-refractivity contribution in [2.24, 2.45) is 4.99 Å². The Balaban J connectivity index is 2.11. The van der Waals surface area contributed by atoms with E-state index in [0.717, 1.165) is 0 Å². The lowest BCUT2D eigenvalue weighted by Crippen LogP contribution is -2.37. The van der Waals surface area contributed by atoms with Gasteiger partial charge in [-0.3, -0.25) is 0 Å². The van der Waals surface area contributed by atoms with Crippen molar-refractivity contribution in [1.82, 2.24) is 15.6 Å². The Morgan fingerprint density at radius 1 is 1.43 bits per heavy atom. The van der Waals surface area contributed by atoms with E-state index in [1.54, 1.807) is 13.8 Å². The quantitative estimate of drug-likeness (QED) is 0.749. The molecule has 6 heteroatoms. The van der Waals surface area contributed by atoms with Crippen molar-refractivity contribution in [1.29, 1.82) is 0 Å². The number of hydrogen-bond acceptors (Lipinski definition) is 6. The van der Waals surface area contributed by atoms with Gasteiger partial charge in [0.1, 0.15) is 0 Å². The third kappa shape index (κ3) is 1.74. The van der Waals surface area contributed by atoms with Gasteiger partial charge in [-0.1, -0.05) is 5.16 Å². The molecular weight excluding hydrogens is 184 g/mol. The first-order chi connectivity index (χ1) is 6.57. The van der Waals surface area contributed by atoms with E-state index in [1.807, 2.05) is 6.92 Å². The summed E-state index contributed by atoms with van der Waals surface area (Å²) in [6.45, 7) is 5.47. The van der Waals surface area contributed by atoms with Crippen LogP contribution in [0.25, 0.3) is 0 Å². The van der Waals surface area contributed by atoms with Crippen LogP contribution in [0, 0.1) is 6.92 Å². The van der Waals surface area contributed by atoms with Crippen LogP contribution in [-0.4, -0.2) is 21.7 Å². The molecule has 2 rings (SSSR count). The van der Waals surface area contributed by atoms with Gasteiger partial charge in [-0.25, -0.2) is 4.99 Å². The molecule has 1 unspecified atom stereocenters. The number of hydroxylamine groups is 1. The molecule has 0 aliphatic carbocycles.